The molecular weight excluding hydrogens is 368 g/mol. The van der Waals surface area contributed by atoms with Gasteiger partial charge in [-0.25, -0.2) is 0 Å². The summed E-state index contributed by atoms with van der Waals surface area (Å²) in [6, 6.07) is 7.77. The number of hydrogen-bond acceptors (Lipinski definition) is 5. The third kappa shape index (κ3) is 4.67. The molecule has 0 unspecified atom stereocenters. The van der Waals surface area contributed by atoms with Crippen molar-refractivity contribution in [2.45, 2.75) is 45.6 Å². The molecule has 1 aliphatic rings. The Morgan fingerprint density at radius 2 is 2.14 bits per heavy atom. The van der Waals surface area contributed by atoms with E-state index in [1.807, 2.05) is 35.4 Å². The molecule has 1 fully saturated rings. The molecule has 0 spiro atoms. The Morgan fingerprint density at radius 1 is 1.31 bits per heavy atom. The highest BCUT2D eigenvalue weighted by molar-refractivity contribution is 6.06. The van der Waals surface area contributed by atoms with Gasteiger partial charge in [0.05, 0.1) is 12.7 Å². The molecule has 4 rings (SSSR count). The van der Waals surface area contributed by atoms with Crippen molar-refractivity contribution >= 4 is 16.8 Å². The average Bonchev–Trinajstić information content (AvgIpc) is 3.36. The zero-order chi connectivity index (χ0) is 20.2. The number of benzene rings is 1. The van der Waals surface area contributed by atoms with Gasteiger partial charge in [-0.3, -0.25) is 4.79 Å². The van der Waals surface area contributed by atoms with Crippen LogP contribution in [-0.4, -0.2) is 51.7 Å². The molecule has 3 heterocycles. The normalized spacial score (nSPS) is 15.5. The molecule has 0 atom stereocenters. The van der Waals surface area contributed by atoms with Crippen molar-refractivity contribution in [1.29, 1.82) is 0 Å². The van der Waals surface area contributed by atoms with Crippen LogP contribution in [0.5, 0.6) is 0 Å². The minimum absolute atomic E-state index is 0.0955. The lowest BCUT2D eigenvalue weighted by Gasteiger charge is -2.32. The van der Waals surface area contributed by atoms with Crippen LogP contribution in [0.1, 0.15) is 48.8 Å². The third-order valence-corrected chi connectivity index (χ3v) is 5.33. The molecule has 1 N–H and O–H groups in total. The van der Waals surface area contributed by atoms with Gasteiger partial charge in [0.25, 0.3) is 5.91 Å². The fourth-order valence-electron chi connectivity index (χ4n) is 3.81. The second kappa shape index (κ2) is 8.78. The molecule has 1 saturated heterocycles. The number of likely N-dealkylation sites (tertiary alicyclic amines) is 1. The van der Waals surface area contributed by atoms with Crippen LogP contribution in [0.2, 0.25) is 0 Å². The van der Waals surface area contributed by atoms with E-state index in [-0.39, 0.29) is 12.0 Å². The van der Waals surface area contributed by atoms with Gasteiger partial charge in [0, 0.05) is 48.6 Å². The van der Waals surface area contributed by atoms with Crippen molar-refractivity contribution in [2.75, 3.05) is 19.7 Å². The number of carbonyl (C=O) groups excluding carboxylic acids is 1. The standard InChI is InChI=1S/C22H28N4O3/c1-15(2)14-21-24-20(25-29-21)9-13-28-16-7-11-26(12-8-16)22(27)18-4-3-5-19-17(18)6-10-23-19/h3-6,10,15-16,23H,7-9,11-14H2,1-2H3. The van der Waals surface area contributed by atoms with Gasteiger partial charge >= 0.3 is 0 Å². The van der Waals surface area contributed by atoms with Gasteiger partial charge < -0.3 is 19.1 Å². The largest absolute Gasteiger partial charge is 0.378 e. The molecule has 1 aromatic carbocycles. The van der Waals surface area contributed by atoms with Crippen LogP contribution in [0.15, 0.2) is 35.0 Å². The number of aromatic nitrogens is 3. The highest BCUT2D eigenvalue weighted by Crippen LogP contribution is 2.22. The van der Waals surface area contributed by atoms with Crippen molar-refractivity contribution in [2.24, 2.45) is 5.92 Å². The van der Waals surface area contributed by atoms with E-state index in [2.05, 4.69) is 29.0 Å². The Kier molecular flexibility index (Phi) is 5.94. The van der Waals surface area contributed by atoms with Gasteiger partial charge in [-0.15, -0.1) is 0 Å². The van der Waals surface area contributed by atoms with Crippen molar-refractivity contribution < 1.29 is 14.1 Å². The lowest BCUT2D eigenvalue weighted by molar-refractivity contribution is 0.00953. The van der Waals surface area contributed by atoms with E-state index in [1.54, 1.807) is 0 Å². The lowest BCUT2D eigenvalue weighted by atomic mass is 10.0. The lowest BCUT2D eigenvalue weighted by Crippen LogP contribution is -2.41. The Hall–Kier alpha value is -2.67. The van der Waals surface area contributed by atoms with Crippen molar-refractivity contribution in [3.8, 4) is 0 Å². The Balaban J connectivity index is 1.24. The van der Waals surface area contributed by atoms with Crippen LogP contribution in [0.4, 0.5) is 0 Å². The molecule has 0 aliphatic carbocycles. The van der Waals surface area contributed by atoms with E-state index < -0.39 is 0 Å². The fourth-order valence-corrected chi connectivity index (χ4v) is 3.81. The number of carbonyl (C=O) groups is 1. The van der Waals surface area contributed by atoms with E-state index in [4.69, 9.17) is 9.26 Å². The summed E-state index contributed by atoms with van der Waals surface area (Å²) >= 11 is 0. The highest BCUT2D eigenvalue weighted by atomic mass is 16.5. The first-order valence-electron chi connectivity index (χ1n) is 10.4. The monoisotopic (exact) mass is 396 g/mol. The first kappa shape index (κ1) is 19.6. The van der Waals surface area contributed by atoms with Gasteiger partial charge in [0.1, 0.15) is 0 Å². The van der Waals surface area contributed by atoms with Crippen LogP contribution in [0.25, 0.3) is 10.9 Å². The molecule has 0 bridgehead atoms. The van der Waals surface area contributed by atoms with E-state index >= 15 is 0 Å². The van der Waals surface area contributed by atoms with Crippen LogP contribution in [0.3, 0.4) is 0 Å². The zero-order valence-electron chi connectivity index (χ0n) is 17.1. The zero-order valence-corrected chi connectivity index (χ0v) is 17.1. The average molecular weight is 396 g/mol. The maximum Gasteiger partial charge on any atom is 0.254 e. The molecular formula is C22H28N4O3. The van der Waals surface area contributed by atoms with Crippen LogP contribution < -0.4 is 0 Å². The van der Waals surface area contributed by atoms with E-state index in [0.717, 1.165) is 35.7 Å². The minimum atomic E-state index is 0.0955. The summed E-state index contributed by atoms with van der Waals surface area (Å²) in [5.41, 5.74) is 1.75. The van der Waals surface area contributed by atoms with Gasteiger partial charge in [0.15, 0.2) is 5.82 Å². The number of amides is 1. The summed E-state index contributed by atoms with van der Waals surface area (Å²) in [4.78, 5) is 22.4. The van der Waals surface area contributed by atoms with Gasteiger partial charge in [-0.2, -0.15) is 4.98 Å². The summed E-state index contributed by atoms with van der Waals surface area (Å²) < 4.78 is 11.3. The third-order valence-electron chi connectivity index (χ3n) is 5.33. The second-order valence-corrected chi connectivity index (χ2v) is 8.06. The molecule has 29 heavy (non-hydrogen) atoms. The molecule has 7 nitrogen and oxygen atoms in total. The number of nitrogens with zero attached hydrogens (tertiary/aromatic N) is 3. The molecule has 7 heteroatoms. The van der Waals surface area contributed by atoms with Gasteiger partial charge in [-0.05, 0) is 37.0 Å². The minimum Gasteiger partial charge on any atom is -0.378 e. The molecule has 1 aliphatic heterocycles. The van der Waals surface area contributed by atoms with Crippen LogP contribution in [0, 0.1) is 5.92 Å². The highest BCUT2D eigenvalue weighted by Gasteiger charge is 2.25. The van der Waals surface area contributed by atoms with Gasteiger partial charge in [0.2, 0.25) is 5.89 Å². The SMILES string of the molecule is CC(C)Cc1nc(CCOC2CCN(C(=O)c3cccc4[nH]ccc34)CC2)no1. The summed E-state index contributed by atoms with van der Waals surface area (Å²) in [5.74, 6) is 1.99. The summed E-state index contributed by atoms with van der Waals surface area (Å²) in [7, 11) is 0. The first-order valence-corrected chi connectivity index (χ1v) is 10.4. The number of piperidine rings is 1. The first-order chi connectivity index (χ1) is 14.1. The number of rotatable bonds is 7. The molecule has 1 amide bonds. The van der Waals surface area contributed by atoms with Crippen LogP contribution in [-0.2, 0) is 17.6 Å². The summed E-state index contributed by atoms with van der Waals surface area (Å²) in [6.45, 7) is 6.25. The molecule has 3 aromatic rings. The fraction of sp³-hybridized carbons (Fsp3) is 0.500. The smallest absolute Gasteiger partial charge is 0.254 e. The molecule has 0 radical (unpaired) electrons. The second-order valence-electron chi connectivity index (χ2n) is 8.06. The van der Waals surface area contributed by atoms with Crippen molar-refractivity contribution in [3.63, 3.8) is 0 Å². The van der Waals surface area contributed by atoms with E-state index in [9.17, 15) is 4.79 Å². The van der Waals surface area contributed by atoms with Gasteiger partial charge in [-0.1, -0.05) is 25.1 Å². The summed E-state index contributed by atoms with van der Waals surface area (Å²) in [6.07, 6.45) is 5.19. The number of aromatic amines is 1. The number of hydrogen-bond donors (Lipinski definition) is 1. The number of ether oxygens (including phenoxy) is 1. The maximum absolute atomic E-state index is 12.9. The van der Waals surface area contributed by atoms with E-state index in [0.29, 0.717) is 43.8 Å². The molecule has 0 saturated carbocycles. The molecule has 154 valence electrons. The summed E-state index contributed by atoms with van der Waals surface area (Å²) in [5, 5.41) is 5.00. The Morgan fingerprint density at radius 3 is 2.93 bits per heavy atom. The predicted octanol–water partition coefficient (Wildman–Crippen LogP) is 3.61. The Bertz CT molecular complexity index is 954. The Labute approximate surface area is 170 Å². The van der Waals surface area contributed by atoms with Crippen molar-refractivity contribution in [3.05, 3.63) is 47.7 Å². The number of H-pyrrole nitrogens is 1. The quantitative estimate of drug-likeness (QED) is 0.659. The van der Waals surface area contributed by atoms with Crippen LogP contribution >= 0.6 is 0 Å². The topological polar surface area (TPSA) is 84.2 Å². The molecule has 2 aromatic heterocycles. The number of fused-ring (bicyclic) bond motifs is 1. The predicted molar refractivity (Wildman–Crippen MR) is 110 cm³/mol. The maximum atomic E-state index is 12.9. The van der Waals surface area contributed by atoms with Crippen molar-refractivity contribution in [1.82, 2.24) is 20.0 Å². The number of nitrogens with one attached hydrogen (secondary N) is 1. The van der Waals surface area contributed by atoms with E-state index in [1.165, 1.54) is 0 Å².